The Kier molecular flexibility index (Phi) is 13.2. The summed E-state index contributed by atoms with van der Waals surface area (Å²) in [5.41, 5.74) is 0.146. The minimum absolute atomic E-state index is 0.00349. The number of hydrogen-bond acceptors (Lipinski definition) is 9. The van der Waals surface area contributed by atoms with Crippen LogP contribution in [0.15, 0.2) is 76.5 Å². The van der Waals surface area contributed by atoms with Gasteiger partial charge in [0.05, 0.1) is 47.3 Å². The van der Waals surface area contributed by atoms with Gasteiger partial charge in [-0.05, 0) is 99.8 Å². The van der Waals surface area contributed by atoms with Gasteiger partial charge in [0.1, 0.15) is 17.3 Å². The molecule has 0 aliphatic carbocycles. The molecule has 1 aliphatic heterocycles. The van der Waals surface area contributed by atoms with Crippen molar-refractivity contribution in [2.24, 2.45) is 5.92 Å². The molecule has 3 aromatic carbocycles. The van der Waals surface area contributed by atoms with E-state index in [0.717, 1.165) is 30.7 Å². The van der Waals surface area contributed by atoms with Crippen molar-refractivity contribution in [2.45, 2.75) is 68.1 Å². The lowest BCUT2D eigenvalue weighted by atomic mass is 10.0. The van der Waals surface area contributed by atoms with Crippen LogP contribution in [0.5, 0.6) is 11.5 Å². The number of fused-ring (bicyclic) bond motifs is 1. The van der Waals surface area contributed by atoms with E-state index >= 15 is 0 Å². The Morgan fingerprint density at radius 2 is 1.68 bits per heavy atom. The number of sulfonamides is 2. The van der Waals surface area contributed by atoms with E-state index in [1.54, 1.807) is 19.1 Å². The molecular formula is C35H46FN3O9S2. The number of nitrogens with one attached hydrogen (secondary N) is 1. The molecule has 0 saturated carbocycles. The van der Waals surface area contributed by atoms with Crippen LogP contribution in [0.2, 0.25) is 0 Å². The van der Waals surface area contributed by atoms with E-state index in [4.69, 9.17) is 14.2 Å². The molecule has 0 radical (unpaired) electrons. The first-order chi connectivity index (χ1) is 23.7. The van der Waals surface area contributed by atoms with Gasteiger partial charge in [-0.15, -0.1) is 0 Å². The molecule has 0 spiro atoms. The largest absolute Gasteiger partial charge is 0.497 e. The maximum Gasteiger partial charge on any atom is 0.261 e. The zero-order valence-corrected chi connectivity index (χ0v) is 30.5. The molecule has 15 heteroatoms. The number of hydrogen-bond donors (Lipinski definition) is 2. The fourth-order valence-corrected chi connectivity index (χ4v) is 7.79. The van der Waals surface area contributed by atoms with Crippen molar-refractivity contribution in [3.8, 4) is 11.5 Å². The predicted molar refractivity (Wildman–Crippen MR) is 187 cm³/mol. The number of rotatable bonds is 10. The van der Waals surface area contributed by atoms with Crippen molar-refractivity contribution < 1.29 is 45.3 Å². The molecule has 1 amide bonds. The highest BCUT2D eigenvalue weighted by molar-refractivity contribution is 7.92. The van der Waals surface area contributed by atoms with Gasteiger partial charge in [-0.2, -0.15) is 4.31 Å². The van der Waals surface area contributed by atoms with Crippen molar-refractivity contribution in [1.82, 2.24) is 9.21 Å². The summed E-state index contributed by atoms with van der Waals surface area (Å²) in [5, 5.41) is 10.2. The lowest BCUT2D eigenvalue weighted by Crippen LogP contribution is -2.48. The highest BCUT2D eigenvalue weighted by Gasteiger charge is 2.32. The van der Waals surface area contributed by atoms with Crippen molar-refractivity contribution in [3.63, 3.8) is 0 Å². The van der Waals surface area contributed by atoms with Gasteiger partial charge in [0.15, 0.2) is 0 Å². The summed E-state index contributed by atoms with van der Waals surface area (Å²) in [6, 6.07) is 14.1. The minimum Gasteiger partial charge on any atom is -0.497 e. The Balaban J connectivity index is 1.66. The summed E-state index contributed by atoms with van der Waals surface area (Å²) in [7, 11) is -5.05. The first kappa shape index (κ1) is 39.0. The zero-order valence-electron chi connectivity index (χ0n) is 28.9. The summed E-state index contributed by atoms with van der Waals surface area (Å²) < 4.78 is 88.0. The molecule has 50 heavy (non-hydrogen) atoms. The summed E-state index contributed by atoms with van der Waals surface area (Å²) in [6.45, 7) is 5.44. The number of amides is 1. The fraction of sp³-hybridized carbons (Fsp3) is 0.457. The van der Waals surface area contributed by atoms with E-state index in [1.807, 2.05) is 13.8 Å². The number of nitrogens with zero attached hydrogens (tertiary/aromatic N) is 2. The molecule has 4 atom stereocenters. The molecule has 274 valence electrons. The normalized spacial score (nSPS) is 20.4. The molecule has 3 aromatic rings. The summed E-state index contributed by atoms with van der Waals surface area (Å²) in [5.74, 6) is -0.759. The lowest BCUT2D eigenvalue weighted by molar-refractivity contribution is -0.00834. The zero-order chi connectivity index (χ0) is 36.6. The number of halogens is 1. The van der Waals surface area contributed by atoms with Crippen molar-refractivity contribution in [2.75, 3.05) is 45.2 Å². The fourth-order valence-electron chi connectivity index (χ4n) is 5.56. The molecule has 1 aliphatic rings. The average molecular weight is 736 g/mol. The average Bonchev–Trinajstić information content (AvgIpc) is 3.09. The van der Waals surface area contributed by atoms with Crippen LogP contribution >= 0.6 is 0 Å². The molecule has 2 N–H and O–H groups in total. The van der Waals surface area contributed by atoms with Gasteiger partial charge < -0.3 is 24.2 Å². The number of methoxy groups -OCH3 is 1. The van der Waals surface area contributed by atoms with E-state index in [0.29, 0.717) is 25.2 Å². The Bertz CT molecular complexity index is 1810. The Labute approximate surface area is 294 Å². The van der Waals surface area contributed by atoms with Gasteiger partial charge in [0.2, 0.25) is 10.0 Å². The smallest absolute Gasteiger partial charge is 0.261 e. The molecule has 0 bridgehead atoms. The highest BCUT2D eigenvalue weighted by atomic mass is 32.2. The number of aliphatic hydroxyl groups excluding tert-OH is 1. The second kappa shape index (κ2) is 17.0. The van der Waals surface area contributed by atoms with Crippen molar-refractivity contribution in [1.29, 1.82) is 0 Å². The molecule has 1 heterocycles. The van der Waals surface area contributed by atoms with Crippen molar-refractivity contribution in [3.05, 3.63) is 78.1 Å². The summed E-state index contributed by atoms with van der Waals surface area (Å²) in [6.07, 6.45) is 1.09. The summed E-state index contributed by atoms with van der Waals surface area (Å²) >= 11 is 0. The minimum atomic E-state index is -4.13. The number of carbonyl (C=O) groups excluding carboxylic acids is 1. The van der Waals surface area contributed by atoms with E-state index in [-0.39, 0.29) is 52.6 Å². The predicted octanol–water partition coefficient (Wildman–Crippen LogP) is 4.75. The van der Waals surface area contributed by atoms with Gasteiger partial charge in [-0.3, -0.25) is 9.52 Å². The van der Waals surface area contributed by atoms with Crippen LogP contribution < -0.4 is 14.2 Å². The van der Waals surface area contributed by atoms with Crippen LogP contribution in [0.4, 0.5) is 10.1 Å². The topological polar surface area (TPSA) is 152 Å². The van der Waals surface area contributed by atoms with Gasteiger partial charge in [-0.1, -0.05) is 6.92 Å². The van der Waals surface area contributed by atoms with E-state index < -0.39 is 49.8 Å². The first-order valence-electron chi connectivity index (χ1n) is 16.4. The number of benzene rings is 3. The third kappa shape index (κ3) is 9.72. The molecule has 0 fully saturated rings. The quantitative estimate of drug-likeness (QED) is 0.301. The Morgan fingerprint density at radius 3 is 2.32 bits per heavy atom. The van der Waals surface area contributed by atoms with Crippen LogP contribution in [0.3, 0.4) is 0 Å². The Hall–Kier alpha value is -3.76. The van der Waals surface area contributed by atoms with Crippen LogP contribution in [-0.2, 0) is 24.8 Å². The maximum atomic E-state index is 14.4. The van der Waals surface area contributed by atoms with Gasteiger partial charge >= 0.3 is 0 Å². The monoisotopic (exact) mass is 735 g/mol. The van der Waals surface area contributed by atoms with Gasteiger partial charge in [0.25, 0.3) is 15.9 Å². The number of likely N-dealkylation sites (N-methyl/N-ethyl adjacent to an activating group) is 1. The van der Waals surface area contributed by atoms with E-state index in [2.05, 4.69) is 4.72 Å². The Morgan fingerprint density at radius 1 is 1.02 bits per heavy atom. The molecular weight excluding hydrogens is 690 g/mol. The second-order valence-corrected chi connectivity index (χ2v) is 16.3. The first-order valence-corrected chi connectivity index (χ1v) is 19.3. The number of aliphatic hydroxyl groups is 1. The maximum absolute atomic E-state index is 14.4. The van der Waals surface area contributed by atoms with Gasteiger partial charge in [-0.25, -0.2) is 21.2 Å². The molecule has 0 aromatic heterocycles. The summed E-state index contributed by atoms with van der Waals surface area (Å²) in [4.78, 5) is 15.8. The molecule has 4 rings (SSSR count). The standard InChI is InChI=1S/C35H46FN3O9S2/c1-24-21-39(25(2)23-40)35(41)32-20-28(37-49(42,43)30-14-9-27(36)10-15-30)11-18-33(32)48-26(3)8-6-7-19-47-34(24)22-38(4)50(44,45)31-16-12-29(46-5)13-17-31/h9-18,20,24-26,34,37,40H,6-8,19,21-23H2,1-5H3/t24-,25+,26-,34+/m0/s1. The van der Waals surface area contributed by atoms with Gasteiger partial charge in [0, 0.05) is 38.3 Å². The molecule has 0 saturated heterocycles. The second-order valence-electron chi connectivity index (χ2n) is 12.5. The SMILES string of the molecule is COc1ccc(S(=O)(=O)N(C)C[C@H]2OCCCC[C@H](C)Oc3ccc(NS(=O)(=O)c4ccc(F)cc4)cc3C(=O)N([C@H](C)CO)C[C@@H]2C)cc1. The van der Waals surface area contributed by atoms with Crippen LogP contribution in [0.1, 0.15) is 50.4 Å². The molecule has 12 nitrogen and oxygen atoms in total. The third-order valence-electron chi connectivity index (χ3n) is 8.63. The van der Waals surface area contributed by atoms with Crippen LogP contribution in [0, 0.1) is 11.7 Å². The number of anilines is 1. The highest BCUT2D eigenvalue weighted by Crippen LogP contribution is 2.30. The molecule has 0 unspecified atom stereocenters. The third-order valence-corrected chi connectivity index (χ3v) is 11.9. The van der Waals surface area contributed by atoms with E-state index in [1.165, 1.54) is 53.7 Å². The van der Waals surface area contributed by atoms with Crippen molar-refractivity contribution >= 4 is 31.6 Å². The number of carbonyl (C=O) groups is 1. The van der Waals surface area contributed by atoms with Crippen LogP contribution in [0.25, 0.3) is 0 Å². The number of ether oxygens (including phenoxy) is 3. The van der Waals surface area contributed by atoms with E-state index in [9.17, 15) is 31.1 Å². The lowest BCUT2D eigenvalue weighted by Gasteiger charge is -2.35. The van der Waals surface area contributed by atoms with Crippen LogP contribution in [-0.4, -0.2) is 95.8 Å².